The maximum atomic E-state index is 12.8. The molecule has 0 N–H and O–H groups in total. The lowest BCUT2D eigenvalue weighted by molar-refractivity contribution is -0.126. The molecule has 5 heteroatoms. The van der Waals surface area contributed by atoms with Crippen LogP contribution in [0.15, 0.2) is 18.3 Å². The summed E-state index contributed by atoms with van der Waals surface area (Å²) in [5.41, 5.74) is -0.446. The lowest BCUT2D eigenvalue weighted by Crippen LogP contribution is -2.36. The largest absolute Gasteiger partial charge is 0.274 e. The molecular formula is C15H17IN2O2. The maximum absolute atomic E-state index is 12.8. The Labute approximate surface area is 132 Å². The van der Waals surface area contributed by atoms with E-state index >= 15 is 0 Å². The number of carbonyl (C=O) groups is 2. The van der Waals surface area contributed by atoms with E-state index in [9.17, 15) is 9.59 Å². The molecule has 4 nitrogen and oxygen atoms in total. The topological polar surface area (TPSA) is 50.3 Å². The van der Waals surface area contributed by atoms with E-state index in [2.05, 4.69) is 27.6 Å². The Morgan fingerprint density at radius 3 is 2.40 bits per heavy atom. The van der Waals surface area contributed by atoms with Crippen molar-refractivity contribution >= 4 is 40.2 Å². The third kappa shape index (κ3) is 2.36. The first-order valence-electron chi connectivity index (χ1n) is 7.11. The number of hydrogen-bond acceptors (Lipinski definition) is 3. The predicted molar refractivity (Wildman–Crippen MR) is 84.2 cm³/mol. The summed E-state index contributed by atoms with van der Waals surface area (Å²) in [7, 11) is 0. The third-order valence-electron chi connectivity index (χ3n) is 4.40. The molecule has 1 spiro atoms. The number of pyridine rings is 1. The van der Waals surface area contributed by atoms with Gasteiger partial charge < -0.3 is 0 Å². The van der Waals surface area contributed by atoms with Gasteiger partial charge in [-0.3, -0.25) is 9.59 Å². The molecule has 20 heavy (non-hydrogen) atoms. The van der Waals surface area contributed by atoms with Gasteiger partial charge >= 0.3 is 0 Å². The molecule has 1 aromatic heterocycles. The summed E-state index contributed by atoms with van der Waals surface area (Å²) in [5.74, 6) is 0.352. The van der Waals surface area contributed by atoms with Crippen molar-refractivity contribution in [1.82, 2.24) is 4.98 Å². The number of hydrogen-bond donors (Lipinski definition) is 0. The molecule has 1 aliphatic heterocycles. The first kappa shape index (κ1) is 14.0. The van der Waals surface area contributed by atoms with Gasteiger partial charge in [-0.2, -0.15) is 0 Å². The van der Waals surface area contributed by atoms with E-state index in [4.69, 9.17) is 0 Å². The second kappa shape index (κ2) is 5.42. The number of halogens is 1. The fourth-order valence-electron chi connectivity index (χ4n) is 3.32. The molecule has 1 aromatic rings. The molecule has 2 amide bonds. The highest BCUT2D eigenvalue weighted by Gasteiger charge is 2.51. The molecule has 0 atom stereocenters. The van der Waals surface area contributed by atoms with E-state index < -0.39 is 5.41 Å². The van der Waals surface area contributed by atoms with Gasteiger partial charge in [0.05, 0.1) is 5.41 Å². The van der Waals surface area contributed by atoms with Gasteiger partial charge in [-0.15, -0.1) is 0 Å². The minimum Gasteiger partial charge on any atom is -0.274 e. The van der Waals surface area contributed by atoms with Crippen LogP contribution in [-0.4, -0.2) is 16.8 Å². The van der Waals surface area contributed by atoms with E-state index in [-0.39, 0.29) is 11.8 Å². The minimum absolute atomic E-state index is 0.0295. The van der Waals surface area contributed by atoms with Crippen molar-refractivity contribution in [1.29, 1.82) is 0 Å². The number of carbonyl (C=O) groups excluding carboxylic acids is 2. The molecule has 0 aromatic carbocycles. The number of aromatic nitrogens is 1. The second-order valence-electron chi connectivity index (χ2n) is 5.74. The van der Waals surface area contributed by atoms with Gasteiger partial charge in [0.25, 0.3) is 0 Å². The molecule has 0 bridgehead atoms. The zero-order chi connectivity index (χ0) is 14.2. The molecule has 3 rings (SSSR count). The first-order valence-corrected chi connectivity index (χ1v) is 8.19. The molecule has 106 valence electrons. The fraction of sp³-hybridized carbons (Fsp3) is 0.533. The quantitative estimate of drug-likeness (QED) is 0.552. The maximum Gasteiger partial charge on any atom is 0.241 e. The standard InChI is InChI=1S/C15H17IN2O2/c16-11-5-6-12(17-10-11)18-13(19)9-15(14(18)20)7-3-1-2-4-8-15/h5-6,10H,1-4,7-9H2. The molecule has 1 saturated carbocycles. The van der Waals surface area contributed by atoms with Crippen LogP contribution in [0.1, 0.15) is 44.9 Å². The van der Waals surface area contributed by atoms with E-state index in [0.29, 0.717) is 12.2 Å². The van der Waals surface area contributed by atoms with Crippen LogP contribution in [0.4, 0.5) is 5.82 Å². The van der Waals surface area contributed by atoms with Gasteiger partial charge in [-0.1, -0.05) is 25.7 Å². The van der Waals surface area contributed by atoms with Gasteiger partial charge in [-0.25, -0.2) is 9.88 Å². The summed E-state index contributed by atoms with van der Waals surface area (Å²) in [6.07, 6.45) is 8.18. The average molecular weight is 384 g/mol. The summed E-state index contributed by atoms with van der Waals surface area (Å²) in [5, 5.41) is 0. The Balaban J connectivity index is 1.91. The van der Waals surface area contributed by atoms with E-state index in [0.717, 1.165) is 29.3 Å². The SMILES string of the molecule is O=C1CC2(CCCCCC2)C(=O)N1c1ccc(I)cn1. The summed E-state index contributed by atoms with van der Waals surface area (Å²) in [6, 6.07) is 3.63. The second-order valence-corrected chi connectivity index (χ2v) is 6.99. The van der Waals surface area contributed by atoms with Crippen LogP contribution in [0.5, 0.6) is 0 Å². The van der Waals surface area contributed by atoms with Crippen molar-refractivity contribution in [3.63, 3.8) is 0 Å². The molecule has 0 unspecified atom stereocenters. The molecule has 2 aliphatic rings. The van der Waals surface area contributed by atoms with Crippen LogP contribution in [-0.2, 0) is 9.59 Å². The zero-order valence-electron chi connectivity index (χ0n) is 11.3. The van der Waals surface area contributed by atoms with Crippen molar-refractivity contribution in [3.8, 4) is 0 Å². The number of anilines is 1. The van der Waals surface area contributed by atoms with Crippen LogP contribution in [0.3, 0.4) is 0 Å². The highest BCUT2D eigenvalue weighted by molar-refractivity contribution is 14.1. The van der Waals surface area contributed by atoms with Crippen molar-refractivity contribution in [2.75, 3.05) is 4.90 Å². The average Bonchev–Trinajstić information content (AvgIpc) is 2.60. The van der Waals surface area contributed by atoms with E-state index in [1.807, 2.05) is 6.07 Å². The minimum atomic E-state index is -0.446. The van der Waals surface area contributed by atoms with Crippen molar-refractivity contribution < 1.29 is 9.59 Å². The van der Waals surface area contributed by atoms with Gasteiger partial charge in [0.15, 0.2) is 0 Å². The molecule has 2 fully saturated rings. The third-order valence-corrected chi connectivity index (χ3v) is 5.04. The first-order chi connectivity index (χ1) is 9.62. The number of imide groups is 1. The van der Waals surface area contributed by atoms with E-state index in [1.54, 1.807) is 12.3 Å². The Morgan fingerprint density at radius 1 is 1.10 bits per heavy atom. The predicted octanol–water partition coefficient (Wildman–Crippen LogP) is 3.29. The molecule has 2 heterocycles. The molecule has 1 saturated heterocycles. The van der Waals surface area contributed by atoms with Crippen LogP contribution in [0, 0.1) is 8.99 Å². The van der Waals surface area contributed by atoms with Crippen LogP contribution < -0.4 is 4.90 Å². The summed E-state index contributed by atoms with van der Waals surface area (Å²) < 4.78 is 0.995. The molecule has 1 aliphatic carbocycles. The van der Waals surface area contributed by atoms with E-state index in [1.165, 1.54) is 17.7 Å². The highest BCUT2D eigenvalue weighted by atomic mass is 127. The van der Waals surface area contributed by atoms with Gasteiger partial charge in [0.2, 0.25) is 11.8 Å². The van der Waals surface area contributed by atoms with Crippen molar-refractivity contribution in [2.24, 2.45) is 5.41 Å². The lowest BCUT2D eigenvalue weighted by atomic mass is 9.79. The zero-order valence-corrected chi connectivity index (χ0v) is 13.4. The van der Waals surface area contributed by atoms with Gasteiger partial charge in [0, 0.05) is 16.2 Å². The number of rotatable bonds is 1. The number of nitrogens with zero attached hydrogens (tertiary/aromatic N) is 2. The summed E-state index contributed by atoms with van der Waals surface area (Å²) >= 11 is 2.16. The molecular weight excluding hydrogens is 367 g/mol. The van der Waals surface area contributed by atoms with Crippen molar-refractivity contribution in [2.45, 2.75) is 44.9 Å². The molecule has 0 radical (unpaired) electrons. The van der Waals surface area contributed by atoms with Crippen LogP contribution in [0.2, 0.25) is 0 Å². The van der Waals surface area contributed by atoms with Crippen molar-refractivity contribution in [3.05, 3.63) is 21.9 Å². The monoisotopic (exact) mass is 384 g/mol. The Hall–Kier alpha value is -0.980. The smallest absolute Gasteiger partial charge is 0.241 e. The van der Waals surface area contributed by atoms with Crippen LogP contribution >= 0.6 is 22.6 Å². The Morgan fingerprint density at radius 2 is 1.80 bits per heavy atom. The van der Waals surface area contributed by atoms with Crippen LogP contribution in [0.25, 0.3) is 0 Å². The fourth-order valence-corrected chi connectivity index (χ4v) is 3.64. The lowest BCUT2D eigenvalue weighted by Gasteiger charge is -2.24. The normalized spacial score (nSPS) is 22.4. The van der Waals surface area contributed by atoms with Gasteiger partial charge in [-0.05, 0) is 47.6 Å². The van der Waals surface area contributed by atoms with Gasteiger partial charge in [0.1, 0.15) is 5.82 Å². The highest BCUT2D eigenvalue weighted by Crippen LogP contribution is 2.45. The number of amides is 2. The Kier molecular flexibility index (Phi) is 3.79. The summed E-state index contributed by atoms with van der Waals surface area (Å²) in [6.45, 7) is 0. The Bertz CT molecular complexity index is 533. The summed E-state index contributed by atoms with van der Waals surface area (Å²) in [4.78, 5) is 30.7.